The monoisotopic (exact) mass is 1450 g/mol. The topological polar surface area (TPSA) is 237 Å². The molecule has 0 aliphatic rings. The van der Waals surface area contributed by atoms with Gasteiger partial charge >= 0.3 is 39.5 Å². The zero-order chi connectivity index (χ0) is 73.2. The molecule has 578 valence electrons. The number of esters is 4. The van der Waals surface area contributed by atoms with E-state index in [4.69, 9.17) is 37.0 Å². The first-order valence-corrected chi connectivity index (χ1v) is 42.5. The van der Waals surface area contributed by atoms with Crippen LogP contribution in [0.4, 0.5) is 0 Å². The van der Waals surface area contributed by atoms with Crippen molar-refractivity contribution in [2.45, 2.75) is 354 Å². The molecule has 0 saturated heterocycles. The van der Waals surface area contributed by atoms with Crippen molar-refractivity contribution < 1.29 is 80.2 Å². The molecule has 19 heteroatoms. The molecule has 0 saturated carbocycles. The maximum absolute atomic E-state index is 13.1. The van der Waals surface area contributed by atoms with E-state index in [0.29, 0.717) is 32.1 Å². The van der Waals surface area contributed by atoms with Crippen LogP contribution in [-0.2, 0) is 65.4 Å². The predicted octanol–water partition coefficient (Wildman–Crippen LogP) is 22.8. The molecule has 100 heavy (non-hydrogen) atoms. The zero-order valence-corrected chi connectivity index (χ0v) is 64.9. The first-order chi connectivity index (χ1) is 48.7. The molecule has 0 radical (unpaired) electrons. The fraction of sp³-hybridized carbons (Fsp3) is 0.753. The van der Waals surface area contributed by atoms with Crippen LogP contribution in [0.5, 0.6) is 0 Å². The summed E-state index contributed by atoms with van der Waals surface area (Å²) in [5.74, 6) is -2.26. The number of aliphatic hydroxyl groups is 1. The van der Waals surface area contributed by atoms with Gasteiger partial charge in [0.15, 0.2) is 12.2 Å². The molecule has 3 N–H and O–H groups in total. The van der Waals surface area contributed by atoms with E-state index in [2.05, 4.69) is 113 Å². The maximum Gasteiger partial charge on any atom is 0.472 e. The number of hydrogen-bond donors (Lipinski definition) is 3. The molecule has 0 spiro atoms. The van der Waals surface area contributed by atoms with Crippen molar-refractivity contribution in [3.05, 3.63) is 97.2 Å². The lowest BCUT2D eigenvalue weighted by Crippen LogP contribution is -2.30. The highest BCUT2D eigenvalue weighted by molar-refractivity contribution is 7.47. The van der Waals surface area contributed by atoms with Gasteiger partial charge in [-0.15, -0.1) is 0 Å². The Balaban J connectivity index is 5.40. The smallest absolute Gasteiger partial charge is 0.462 e. The molecule has 0 aliphatic carbocycles. The summed E-state index contributed by atoms with van der Waals surface area (Å²) in [7, 11) is -9.97. The van der Waals surface area contributed by atoms with E-state index in [1.165, 1.54) is 103 Å². The van der Waals surface area contributed by atoms with Crippen molar-refractivity contribution in [1.29, 1.82) is 0 Å². The highest BCUT2D eigenvalue weighted by atomic mass is 31.2. The molecule has 17 nitrogen and oxygen atoms in total. The molecule has 5 unspecified atom stereocenters. The molecular weight excluding hydrogens is 1310 g/mol. The van der Waals surface area contributed by atoms with E-state index in [9.17, 15) is 43.2 Å². The Kier molecular flexibility index (Phi) is 70.4. The third-order valence-corrected chi connectivity index (χ3v) is 18.4. The number of unbranched alkanes of at least 4 members (excludes halogenated alkanes) is 32. The van der Waals surface area contributed by atoms with Crippen molar-refractivity contribution in [2.75, 3.05) is 39.6 Å². The minimum absolute atomic E-state index is 0.0724. The number of aliphatic hydroxyl groups excluding tert-OH is 1. The molecule has 0 heterocycles. The number of ether oxygens (including phenoxy) is 4. The molecule has 0 bridgehead atoms. The standard InChI is InChI=1S/C81H142O17P2/c1-5-9-13-17-21-25-29-33-36-37-40-43-46-50-54-58-62-66-79(84)92-71-76(97-80(85)67-63-59-55-51-47-41-32-28-24-20-16-12-8-4)73-95-99(87,88)93-69-75(82)70-94-100(89,90)96-74-77(98-81(86)68-64-60-56-52-48-44-39-35-31-27-23-19-15-11-7-3)72-91-78(83)65-61-57-53-49-45-42-38-34-30-26-22-18-14-10-6-2/h9,13,21,25,28,32-36,38-40,43,50,54,75-77,82H,5-8,10-12,14-20,22-24,26-27,29-31,37,41-42,44-49,51-53,55-74H2,1-4H3,(H,87,88)(H,89,90)/b13-9-,25-21-,32-28-,36-33-,38-34-,39-35-,43-40-,54-50-. The van der Waals surface area contributed by atoms with Crippen molar-refractivity contribution in [3.8, 4) is 0 Å². The number of carbonyl (C=O) groups is 4. The Morgan fingerprint density at radius 3 is 0.860 bits per heavy atom. The predicted molar refractivity (Wildman–Crippen MR) is 409 cm³/mol. The highest BCUT2D eigenvalue weighted by Crippen LogP contribution is 2.45. The van der Waals surface area contributed by atoms with Gasteiger partial charge in [0, 0.05) is 25.7 Å². The molecule has 0 fully saturated rings. The van der Waals surface area contributed by atoms with Crippen LogP contribution in [-0.4, -0.2) is 96.7 Å². The number of rotatable bonds is 74. The van der Waals surface area contributed by atoms with Crippen molar-refractivity contribution in [3.63, 3.8) is 0 Å². The largest absolute Gasteiger partial charge is 0.472 e. The van der Waals surface area contributed by atoms with Gasteiger partial charge in [0.05, 0.1) is 26.4 Å². The molecule has 5 atom stereocenters. The molecule has 0 aromatic rings. The van der Waals surface area contributed by atoms with E-state index >= 15 is 0 Å². The summed E-state index contributed by atoms with van der Waals surface area (Å²) in [5, 5.41) is 10.6. The lowest BCUT2D eigenvalue weighted by molar-refractivity contribution is -0.161. The van der Waals surface area contributed by atoms with Gasteiger partial charge < -0.3 is 33.8 Å². The second-order valence-corrected chi connectivity index (χ2v) is 29.2. The van der Waals surface area contributed by atoms with Crippen molar-refractivity contribution in [2.24, 2.45) is 0 Å². The van der Waals surface area contributed by atoms with Crippen LogP contribution in [0.3, 0.4) is 0 Å². The van der Waals surface area contributed by atoms with Gasteiger partial charge in [-0.2, -0.15) is 0 Å². The minimum Gasteiger partial charge on any atom is -0.462 e. The average molecular weight is 1450 g/mol. The fourth-order valence-electron chi connectivity index (χ4n) is 10.5. The maximum atomic E-state index is 13.1. The van der Waals surface area contributed by atoms with E-state index in [0.717, 1.165) is 148 Å². The average Bonchev–Trinajstić information content (AvgIpc) is 0.965. The second-order valence-electron chi connectivity index (χ2n) is 26.3. The molecule has 0 rings (SSSR count). The van der Waals surface area contributed by atoms with Crippen molar-refractivity contribution >= 4 is 39.5 Å². The van der Waals surface area contributed by atoms with Gasteiger partial charge in [-0.3, -0.25) is 37.3 Å². The molecule has 0 aromatic carbocycles. The molecule has 0 aromatic heterocycles. The summed E-state index contributed by atoms with van der Waals surface area (Å²) in [6.07, 6.45) is 76.8. The Bertz CT molecular complexity index is 2270. The van der Waals surface area contributed by atoms with Gasteiger partial charge in [0.2, 0.25) is 0 Å². The first-order valence-electron chi connectivity index (χ1n) is 39.5. The van der Waals surface area contributed by atoms with Crippen LogP contribution in [0.25, 0.3) is 0 Å². The normalized spacial score (nSPS) is 14.4. The minimum atomic E-state index is -4.99. The summed E-state index contributed by atoms with van der Waals surface area (Å²) in [4.78, 5) is 72.9. The summed E-state index contributed by atoms with van der Waals surface area (Å²) < 4.78 is 68.5. The van der Waals surface area contributed by atoms with Crippen LogP contribution in [0.2, 0.25) is 0 Å². The number of phosphoric acid groups is 2. The van der Waals surface area contributed by atoms with E-state index in [1.54, 1.807) is 0 Å². The Labute approximate surface area is 607 Å². The lowest BCUT2D eigenvalue weighted by atomic mass is 10.1. The summed E-state index contributed by atoms with van der Waals surface area (Å²) in [6, 6.07) is 0. The lowest BCUT2D eigenvalue weighted by Gasteiger charge is -2.21. The quantitative estimate of drug-likeness (QED) is 0.0169. The number of allylic oxidation sites excluding steroid dienone is 16. The Morgan fingerprint density at radius 2 is 0.530 bits per heavy atom. The van der Waals surface area contributed by atoms with E-state index < -0.39 is 97.5 Å². The van der Waals surface area contributed by atoms with Crippen LogP contribution in [0, 0.1) is 0 Å². The number of carbonyl (C=O) groups excluding carboxylic acids is 4. The van der Waals surface area contributed by atoms with Gasteiger partial charge in [0.25, 0.3) is 0 Å². The highest BCUT2D eigenvalue weighted by Gasteiger charge is 2.30. The van der Waals surface area contributed by atoms with E-state index in [1.807, 2.05) is 12.2 Å². The summed E-state index contributed by atoms with van der Waals surface area (Å²) in [5.41, 5.74) is 0. The number of hydrogen-bond acceptors (Lipinski definition) is 15. The van der Waals surface area contributed by atoms with Gasteiger partial charge in [-0.25, -0.2) is 9.13 Å². The van der Waals surface area contributed by atoms with Crippen LogP contribution in [0.15, 0.2) is 97.2 Å². The SMILES string of the molecule is CC/C=C\C/C=C\C/C=C\C/C=C\C/C=C\CCCC(=O)OCC(COP(=O)(O)OCC(O)COP(=O)(O)OCC(COC(=O)CCCCCCC/C=C\CCCCCCCC)OC(=O)CCCCCCC/C=C\CCCCCCCC)OC(=O)CCCCCCC/C=C\CCCCCC. The van der Waals surface area contributed by atoms with E-state index in [-0.39, 0.29) is 25.7 Å². The second kappa shape index (κ2) is 73.3. The van der Waals surface area contributed by atoms with Gasteiger partial charge in [-0.05, 0) is 141 Å². The Hall–Kier alpha value is -4.02. The Morgan fingerprint density at radius 1 is 0.290 bits per heavy atom. The molecular formula is C81H142O17P2. The molecule has 0 amide bonds. The first kappa shape index (κ1) is 96.0. The van der Waals surface area contributed by atoms with Crippen LogP contribution in [0.1, 0.15) is 336 Å². The van der Waals surface area contributed by atoms with Crippen molar-refractivity contribution in [1.82, 2.24) is 0 Å². The van der Waals surface area contributed by atoms with Crippen LogP contribution < -0.4 is 0 Å². The van der Waals surface area contributed by atoms with Gasteiger partial charge in [-0.1, -0.05) is 266 Å². The fourth-order valence-corrected chi connectivity index (χ4v) is 12.1. The molecule has 0 aliphatic heterocycles. The zero-order valence-electron chi connectivity index (χ0n) is 63.1. The summed E-state index contributed by atoms with van der Waals surface area (Å²) >= 11 is 0. The van der Waals surface area contributed by atoms with Crippen LogP contribution >= 0.6 is 15.6 Å². The summed E-state index contributed by atoms with van der Waals surface area (Å²) in [6.45, 7) is 4.67. The number of phosphoric ester groups is 2. The van der Waals surface area contributed by atoms with Gasteiger partial charge in [0.1, 0.15) is 19.3 Å². The third-order valence-electron chi connectivity index (χ3n) is 16.5. The third kappa shape index (κ3) is 72.3.